The van der Waals surface area contributed by atoms with Gasteiger partial charge < -0.3 is 20.1 Å². The molecule has 0 saturated carbocycles. The minimum absolute atomic E-state index is 0.0964. The zero-order chi connectivity index (χ0) is 30.3. The summed E-state index contributed by atoms with van der Waals surface area (Å²) in [5.41, 5.74) is 5.31. The first-order chi connectivity index (χ1) is 19.9. The van der Waals surface area contributed by atoms with Crippen molar-refractivity contribution in [3.05, 3.63) is 24.3 Å². The van der Waals surface area contributed by atoms with E-state index in [1.807, 2.05) is 0 Å². The van der Waals surface area contributed by atoms with Crippen molar-refractivity contribution in [2.45, 2.75) is 142 Å². The molecule has 0 aromatic carbocycles. The molecule has 3 N–H and O–H groups in total. The van der Waals surface area contributed by atoms with Gasteiger partial charge in [-0.25, -0.2) is 4.57 Å². The number of carbonyl (C=O) groups excluding carboxylic acids is 1. The van der Waals surface area contributed by atoms with Crippen LogP contribution < -0.4 is 5.73 Å². The number of esters is 1. The van der Waals surface area contributed by atoms with E-state index in [1.54, 1.807) is 0 Å². The maximum atomic E-state index is 12.2. The second-order valence-electron chi connectivity index (χ2n) is 10.7. The minimum atomic E-state index is -4.25. The molecule has 2 unspecified atom stereocenters. The highest BCUT2D eigenvalue weighted by Gasteiger charge is 2.25. The Labute approximate surface area is 251 Å². The van der Waals surface area contributed by atoms with Gasteiger partial charge in [-0.2, -0.15) is 0 Å². The van der Waals surface area contributed by atoms with E-state index in [1.165, 1.54) is 70.6 Å². The van der Waals surface area contributed by atoms with Crippen molar-refractivity contribution in [2.75, 3.05) is 33.0 Å². The molecule has 0 saturated heterocycles. The first-order valence-corrected chi connectivity index (χ1v) is 17.8. The summed E-state index contributed by atoms with van der Waals surface area (Å²) in [6.07, 6.45) is 29.6. The Balaban J connectivity index is 3.92. The lowest BCUT2D eigenvalue weighted by Crippen LogP contribution is -2.28. The van der Waals surface area contributed by atoms with Crippen LogP contribution in [-0.2, 0) is 27.9 Å². The van der Waals surface area contributed by atoms with Crippen molar-refractivity contribution in [1.29, 1.82) is 0 Å². The zero-order valence-corrected chi connectivity index (χ0v) is 27.2. The normalized spacial score (nSPS) is 14.1. The van der Waals surface area contributed by atoms with Crippen LogP contribution in [0.5, 0.6) is 0 Å². The second-order valence-corrected chi connectivity index (χ2v) is 12.1. The largest absolute Gasteiger partial charge is 0.472 e. The predicted octanol–water partition coefficient (Wildman–Crippen LogP) is 8.57. The molecule has 0 radical (unpaired) electrons. The van der Waals surface area contributed by atoms with Gasteiger partial charge in [0.15, 0.2) is 0 Å². The standard InChI is InChI=1S/C32H62NO7P/c1-3-5-7-9-10-11-12-13-14-15-16-17-18-19-20-21-22-24-27-37-29-31(30-39-41(35,36)38-28-26-33)40-32(34)25-23-8-6-4-2/h10-11,13-14,31H,3-9,12,15-30,33H2,1-2H3,(H,35,36)/b11-10-,14-13-. The van der Waals surface area contributed by atoms with Crippen LogP contribution in [0, 0.1) is 0 Å². The Morgan fingerprint density at radius 2 is 1.29 bits per heavy atom. The molecule has 0 aromatic heterocycles. The lowest BCUT2D eigenvalue weighted by molar-refractivity contribution is -0.154. The molecule has 0 bridgehead atoms. The molecule has 0 amide bonds. The molecule has 2 atom stereocenters. The molecule has 0 aliphatic carbocycles. The number of carbonyl (C=O) groups is 1. The smallest absolute Gasteiger partial charge is 0.457 e. The van der Waals surface area contributed by atoms with E-state index in [4.69, 9.17) is 24.3 Å². The quantitative estimate of drug-likeness (QED) is 0.0350. The van der Waals surface area contributed by atoms with E-state index >= 15 is 0 Å². The molecule has 41 heavy (non-hydrogen) atoms. The number of phosphoric acid groups is 1. The van der Waals surface area contributed by atoms with E-state index < -0.39 is 13.9 Å². The fourth-order valence-corrected chi connectivity index (χ4v) is 4.97. The Bertz CT molecular complexity index is 687. The number of allylic oxidation sites excluding steroid dienone is 4. The van der Waals surface area contributed by atoms with Gasteiger partial charge in [0, 0.05) is 19.6 Å². The summed E-state index contributed by atoms with van der Waals surface area (Å²) in [7, 11) is -4.25. The number of ether oxygens (including phenoxy) is 2. The number of rotatable bonds is 31. The first kappa shape index (κ1) is 40.0. The molecule has 0 aliphatic rings. The monoisotopic (exact) mass is 603 g/mol. The van der Waals surface area contributed by atoms with Crippen molar-refractivity contribution < 1.29 is 32.8 Å². The average Bonchev–Trinajstić information content (AvgIpc) is 2.96. The maximum Gasteiger partial charge on any atom is 0.472 e. The molecule has 0 aromatic rings. The topological polar surface area (TPSA) is 117 Å². The van der Waals surface area contributed by atoms with Gasteiger partial charge in [0.25, 0.3) is 0 Å². The fraction of sp³-hybridized carbons (Fsp3) is 0.844. The van der Waals surface area contributed by atoms with Crippen LogP contribution in [0.25, 0.3) is 0 Å². The van der Waals surface area contributed by atoms with Crippen molar-refractivity contribution in [3.8, 4) is 0 Å². The zero-order valence-electron chi connectivity index (χ0n) is 26.3. The summed E-state index contributed by atoms with van der Waals surface area (Å²) in [5.74, 6) is -0.352. The number of nitrogens with two attached hydrogens (primary N) is 1. The highest BCUT2D eigenvalue weighted by molar-refractivity contribution is 7.47. The molecular formula is C32H62NO7P. The third-order valence-electron chi connectivity index (χ3n) is 6.62. The highest BCUT2D eigenvalue weighted by atomic mass is 31.2. The van der Waals surface area contributed by atoms with Crippen LogP contribution in [0.1, 0.15) is 136 Å². The van der Waals surface area contributed by atoms with E-state index in [9.17, 15) is 14.3 Å². The Kier molecular flexibility index (Phi) is 29.7. The Morgan fingerprint density at radius 1 is 0.732 bits per heavy atom. The van der Waals surface area contributed by atoms with Crippen LogP contribution in [-0.4, -0.2) is 49.9 Å². The van der Waals surface area contributed by atoms with Gasteiger partial charge >= 0.3 is 13.8 Å². The molecule has 242 valence electrons. The maximum absolute atomic E-state index is 12.2. The third kappa shape index (κ3) is 30.2. The number of hydrogen-bond acceptors (Lipinski definition) is 7. The summed E-state index contributed by atoms with van der Waals surface area (Å²) >= 11 is 0. The predicted molar refractivity (Wildman–Crippen MR) is 169 cm³/mol. The van der Waals surface area contributed by atoms with Crippen molar-refractivity contribution in [2.24, 2.45) is 5.73 Å². The van der Waals surface area contributed by atoms with E-state index in [-0.39, 0.29) is 32.3 Å². The van der Waals surface area contributed by atoms with E-state index in [0.717, 1.165) is 44.9 Å². The van der Waals surface area contributed by atoms with Gasteiger partial charge in [0.2, 0.25) is 0 Å². The molecule has 0 aliphatic heterocycles. The van der Waals surface area contributed by atoms with Crippen LogP contribution in [0.4, 0.5) is 0 Å². The van der Waals surface area contributed by atoms with E-state index in [2.05, 4.69) is 38.2 Å². The van der Waals surface area contributed by atoms with Gasteiger partial charge in [0.05, 0.1) is 19.8 Å². The summed E-state index contributed by atoms with van der Waals surface area (Å²) < 4.78 is 32.9. The lowest BCUT2D eigenvalue weighted by Gasteiger charge is -2.20. The van der Waals surface area contributed by atoms with Gasteiger partial charge in [-0.3, -0.25) is 13.8 Å². The van der Waals surface area contributed by atoms with Crippen molar-refractivity contribution in [1.82, 2.24) is 0 Å². The Morgan fingerprint density at radius 3 is 1.93 bits per heavy atom. The summed E-state index contributed by atoms with van der Waals surface area (Å²) in [6, 6.07) is 0. The molecule has 0 rings (SSSR count). The van der Waals surface area contributed by atoms with Crippen LogP contribution in [0.2, 0.25) is 0 Å². The number of unbranched alkanes of at least 4 members (excludes halogenated alkanes) is 14. The van der Waals surface area contributed by atoms with Crippen LogP contribution in [0.3, 0.4) is 0 Å². The molecule has 9 heteroatoms. The SMILES string of the molecule is CCCCC/C=C\C/C=C\CCCCCCCCCCOCC(COP(=O)(O)OCCN)OC(=O)CCCCCC. The molecule has 0 spiro atoms. The molecule has 8 nitrogen and oxygen atoms in total. The fourth-order valence-electron chi connectivity index (χ4n) is 4.20. The van der Waals surface area contributed by atoms with Crippen molar-refractivity contribution >= 4 is 13.8 Å². The number of phosphoric ester groups is 1. The highest BCUT2D eigenvalue weighted by Crippen LogP contribution is 2.43. The lowest BCUT2D eigenvalue weighted by atomic mass is 10.1. The number of hydrogen-bond donors (Lipinski definition) is 2. The van der Waals surface area contributed by atoms with Crippen LogP contribution in [0.15, 0.2) is 24.3 Å². The summed E-state index contributed by atoms with van der Waals surface area (Å²) in [4.78, 5) is 21.9. The average molecular weight is 604 g/mol. The third-order valence-corrected chi connectivity index (χ3v) is 7.61. The Hall–Kier alpha value is -1.02. The van der Waals surface area contributed by atoms with Gasteiger partial charge in [-0.05, 0) is 44.9 Å². The molecular weight excluding hydrogens is 541 g/mol. The van der Waals surface area contributed by atoms with Crippen LogP contribution >= 0.6 is 7.82 Å². The van der Waals surface area contributed by atoms with Crippen molar-refractivity contribution in [3.63, 3.8) is 0 Å². The summed E-state index contributed by atoms with van der Waals surface area (Å²) in [5, 5.41) is 0. The second kappa shape index (κ2) is 30.4. The van der Waals surface area contributed by atoms with Gasteiger partial charge in [-0.1, -0.05) is 109 Å². The van der Waals surface area contributed by atoms with E-state index in [0.29, 0.717) is 13.0 Å². The first-order valence-electron chi connectivity index (χ1n) is 16.3. The minimum Gasteiger partial charge on any atom is -0.457 e. The molecule has 0 fully saturated rings. The molecule has 0 heterocycles. The van der Waals surface area contributed by atoms with Gasteiger partial charge in [0.1, 0.15) is 6.10 Å². The summed E-state index contributed by atoms with van der Waals surface area (Å²) in [6.45, 7) is 4.74. The van der Waals surface area contributed by atoms with Gasteiger partial charge in [-0.15, -0.1) is 0 Å².